The summed E-state index contributed by atoms with van der Waals surface area (Å²) in [6.45, 7) is 2.38. The van der Waals surface area contributed by atoms with Gasteiger partial charge < -0.3 is 10.6 Å². The molecule has 3 N–H and O–H groups in total. The minimum Gasteiger partial charge on any atom is -0.338 e. The van der Waals surface area contributed by atoms with E-state index in [1.165, 1.54) is 0 Å². The quantitative estimate of drug-likeness (QED) is 0.681. The van der Waals surface area contributed by atoms with Crippen molar-refractivity contribution >= 4 is 34.2 Å². The van der Waals surface area contributed by atoms with Gasteiger partial charge in [-0.25, -0.2) is 9.78 Å². The third kappa shape index (κ3) is 4.11. The Morgan fingerprint density at radius 3 is 2.52 bits per heavy atom. The summed E-state index contributed by atoms with van der Waals surface area (Å²) in [4.78, 5) is 28.1. The highest BCUT2D eigenvalue weighted by molar-refractivity contribution is 6.05. The van der Waals surface area contributed by atoms with Crippen molar-refractivity contribution in [3.63, 3.8) is 0 Å². The van der Waals surface area contributed by atoms with Crippen LogP contribution in [0.15, 0.2) is 60.8 Å². The number of amides is 3. The Balaban J connectivity index is 1.80. The number of fused-ring (bicyclic) bond motifs is 1. The smallest absolute Gasteiger partial charge is 0.320 e. The van der Waals surface area contributed by atoms with Crippen molar-refractivity contribution in [3.05, 3.63) is 66.4 Å². The molecular formula is C19H18N4O2. The van der Waals surface area contributed by atoms with Gasteiger partial charge >= 0.3 is 6.03 Å². The van der Waals surface area contributed by atoms with Crippen LogP contribution in [0.2, 0.25) is 0 Å². The van der Waals surface area contributed by atoms with E-state index in [9.17, 15) is 9.59 Å². The Bertz CT molecular complexity index is 910. The first kappa shape index (κ1) is 16.4. The van der Waals surface area contributed by atoms with Crippen LogP contribution >= 0.6 is 0 Å². The van der Waals surface area contributed by atoms with E-state index in [1.54, 1.807) is 24.4 Å². The van der Waals surface area contributed by atoms with E-state index in [2.05, 4.69) is 20.9 Å². The Morgan fingerprint density at radius 2 is 1.76 bits per heavy atom. The van der Waals surface area contributed by atoms with Crippen molar-refractivity contribution in [2.24, 2.45) is 0 Å². The van der Waals surface area contributed by atoms with Gasteiger partial charge in [-0.3, -0.25) is 10.1 Å². The van der Waals surface area contributed by atoms with Crippen molar-refractivity contribution < 1.29 is 9.59 Å². The lowest BCUT2D eigenvalue weighted by Gasteiger charge is -2.09. The molecule has 0 bridgehead atoms. The molecule has 3 aromatic rings. The zero-order valence-corrected chi connectivity index (χ0v) is 13.7. The number of pyridine rings is 1. The molecule has 0 radical (unpaired) electrons. The molecule has 0 saturated heterocycles. The predicted molar refractivity (Wildman–Crippen MR) is 98.8 cm³/mol. The molecule has 0 aliphatic heterocycles. The van der Waals surface area contributed by atoms with Gasteiger partial charge in [0.1, 0.15) is 5.82 Å². The average Bonchev–Trinajstić information content (AvgIpc) is 2.62. The summed E-state index contributed by atoms with van der Waals surface area (Å²) in [7, 11) is 0. The van der Waals surface area contributed by atoms with E-state index < -0.39 is 0 Å². The first-order valence-corrected chi connectivity index (χ1v) is 7.97. The summed E-state index contributed by atoms with van der Waals surface area (Å²) < 4.78 is 0. The number of nitrogens with one attached hydrogen (secondary N) is 3. The second kappa shape index (κ2) is 7.44. The Morgan fingerprint density at radius 1 is 0.960 bits per heavy atom. The molecule has 0 atom stereocenters. The minimum atomic E-state index is -0.303. The number of aromatic nitrogens is 1. The van der Waals surface area contributed by atoms with Crippen molar-refractivity contribution in [2.75, 3.05) is 17.2 Å². The molecule has 126 valence electrons. The average molecular weight is 334 g/mol. The first-order chi connectivity index (χ1) is 12.2. The molecule has 0 fully saturated rings. The number of urea groups is 1. The van der Waals surface area contributed by atoms with Crippen LogP contribution < -0.4 is 16.0 Å². The van der Waals surface area contributed by atoms with E-state index in [0.29, 0.717) is 23.6 Å². The van der Waals surface area contributed by atoms with Crippen LogP contribution in [-0.4, -0.2) is 23.5 Å². The summed E-state index contributed by atoms with van der Waals surface area (Å²) >= 11 is 0. The van der Waals surface area contributed by atoms with Crippen LogP contribution in [-0.2, 0) is 0 Å². The summed E-state index contributed by atoms with van der Waals surface area (Å²) in [5, 5.41) is 9.98. The van der Waals surface area contributed by atoms with Gasteiger partial charge in [-0.05, 0) is 42.6 Å². The van der Waals surface area contributed by atoms with Gasteiger partial charge in [-0.2, -0.15) is 0 Å². The maximum Gasteiger partial charge on any atom is 0.320 e. The third-order valence-corrected chi connectivity index (χ3v) is 3.59. The van der Waals surface area contributed by atoms with Crippen LogP contribution in [0.4, 0.5) is 16.3 Å². The zero-order chi connectivity index (χ0) is 17.6. The van der Waals surface area contributed by atoms with Gasteiger partial charge in [-0.1, -0.05) is 24.3 Å². The van der Waals surface area contributed by atoms with E-state index in [0.717, 1.165) is 10.8 Å². The van der Waals surface area contributed by atoms with Gasteiger partial charge in [0.2, 0.25) is 0 Å². The number of nitrogens with zero attached hydrogens (tertiary/aromatic N) is 1. The highest BCUT2D eigenvalue weighted by Gasteiger charge is 2.07. The zero-order valence-electron chi connectivity index (χ0n) is 13.7. The number of hydrogen-bond donors (Lipinski definition) is 3. The molecule has 0 spiro atoms. The van der Waals surface area contributed by atoms with E-state index in [4.69, 9.17) is 0 Å². The highest BCUT2D eigenvalue weighted by atomic mass is 16.2. The summed E-state index contributed by atoms with van der Waals surface area (Å²) in [6, 6.07) is 16.0. The van der Waals surface area contributed by atoms with Gasteiger partial charge in [0.25, 0.3) is 5.91 Å². The standard InChI is InChI=1S/C19H18N4O2/c1-2-20-19(25)23-17-11-15-10-16(9-8-14(15)12-21-17)22-18(24)13-6-4-3-5-7-13/h3-12H,2H2,1H3,(H,22,24)(H2,20,21,23,25). The lowest BCUT2D eigenvalue weighted by Crippen LogP contribution is -2.28. The molecule has 3 amide bonds. The van der Waals surface area contributed by atoms with Gasteiger partial charge in [-0.15, -0.1) is 0 Å². The minimum absolute atomic E-state index is 0.172. The van der Waals surface area contributed by atoms with Crippen LogP contribution in [0.1, 0.15) is 17.3 Å². The molecular weight excluding hydrogens is 316 g/mol. The Labute approximate surface area is 145 Å². The van der Waals surface area contributed by atoms with E-state index >= 15 is 0 Å². The topological polar surface area (TPSA) is 83.1 Å². The number of benzene rings is 2. The van der Waals surface area contributed by atoms with Crippen molar-refractivity contribution in [2.45, 2.75) is 6.92 Å². The fourth-order valence-corrected chi connectivity index (χ4v) is 2.40. The molecule has 2 aromatic carbocycles. The molecule has 0 unspecified atom stereocenters. The number of anilines is 2. The van der Waals surface area contributed by atoms with Crippen LogP contribution in [0, 0.1) is 0 Å². The molecule has 6 nitrogen and oxygen atoms in total. The summed E-state index contributed by atoms with van der Waals surface area (Å²) in [6.07, 6.45) is 1.68. The maximum absolute atomic E-state index is 12.2. The van der Waals surface area contributed by atoms with E-state index in [1.807, 2.05) is 43.3 Å². The van der Waals surface area contributed by atoms with Crippen LogP contribution in [0.5, 0.6) is 0 Å². The normalized spacial score (nSPS) is 10.3. The Kier molecular flexibility index (Phi) is 4.89. The monoisotopic (exact) mass is 334 g/mol. The summed E-state index contributed by atoms with van der Waals surface area (Å²) in [5.74, 6) is 0.277. The van der Waals surface area contributed by atoms with Gasteiger partial charge in [0.15, 0.2) is 0 Å². The third-order valence-electron chi connectivity index (χ3n) is 3.59. The number of carbonyl (C=O) groups is 2. The molecule has 3 rings (SSSR count). The largest absolute Gasteiger partial charge is 0.338 e. The molecule has 1 aromatic heterocycles. The molecule has 6 heteroatoms. The van der Waals surface area contributed by atoms with Crippen LogP contribution in [0.25, 0.3) is 10.8 Å². The first-order valence-electron chi connectivity index (χ1n) is 7.97. The van der Waals surface area contributed by atoms with Crippen LogP contribution in [0.3, 0.4) is 0 Å². The number of rotatable bonds is 4. The second-order valence-corrected chi connectivity index (χ2v) is 5.44. The Hall–Kier alpha value is -3.41. The lowest BCUT2D eigenvalue weighted by molar-refractivity contribution is 0.102. The summed E-state index contributed by atoms with van der Waals surface area (Å²) in [5.41, 5.74) is 1.27. The second-order valence-electron chi connectivity index (χ2n) is 5.44. The molecule has 0 aliphatic carbocycles. The molecule has 0 aliphatic rings. The number of hydrogen-bond acceptors (Lipinski definition) is 3. The predicted octanol–water partition coefficient (Wildman–Crippen LogP) is 3.63. The van der Waals surface area contributed by atoms with E-state index in [-0.39, 0.29) is 11.9 Å². The van der Waals surface area contributed by atoms with Crippen molar-refractivity contribution in [1.82, 2.24) is 10.3 Å². The van der Waals surface area contributed by atoms with Gasteiger partial charge in [0.05, 0.1) is 0 Å². The van der Waals surface area contributed by atoms with Gasteiger partial charge in [0, 0.05) is 29.4 Å². The van der Waals surface area contributed by atoms with Crippen molar-refractivity contribution in [1.29, 1.82) is 0 Å². The molecule has 1 heterocycles. The van der Waals surface area contributed by atoms with Crippen molar-refractivity contribution in [3.8, 4) is 0 Å². The maximum atomic E-state index is 12.2. The SMILES string of the molecule is CCNC(=O)Nc1cc2cc(NC(=O)c3ccccc3)ccc2cn1. The number of carbonyl (C=O) groups excluding carboxylic acids is 2. The fraction of sp³-hybridized carbons (Fsp3) is 0.105. The molecule has 25 heavy (non-hydrogen) atoms. The lowest BCUT2D eigenvalue weighted by atomic mass is 10.1. The molecule has 0 saturated carbocycles. The fourth-order valence-electron chi connectivity index (χ4n) is 2.40. The highest BCUT2D eigenvalue weighted by Crippen LogP contribution is 2.21.